The summed E-state index contributed by atoms with van der Waals surface area (Å²) < 4.78 is 23.5. The van der Waals surface area contributed by atoms with Crippen LogP contribution in [0.4, 0.5) is 0 Å². The summed E-state index contributed by atoms with van der Waals surface area (Å²) in [6.07, 6.45) is 6.48. The fraction of sp³-hybridized carbons (Fsp3) is 1.00. The summed E-state index contributed by atoms with van der Waals surface area (Å²) in [5, 5.41) is 3.21. The van der Waals surface area contributed by atoms with Gasteiger partial charge >= 0.3 is 0 Å². The van der Waals surface area contributed by atoms with Crippen LogP contribution in [0, 0.1) is 0 Å². The van der Waals surface area contributed by atoms with Gasteiger partial charge < -0.3 is 5.32 Å². The molecule has 0 amide bonds. The van der Waals surface area contributed by atoms with Gasteiger partial charge in [0.1, 0.15) is 9.84 Å². The molecule has 1 saturated heterocycles. The van der Waals surface area contributed by atoms with Gasteiger partial charge in [-0.1, -0.05) is 13.3 Å². The maximum Gasteiger partial charge on any atom is 0.150 e. The minimum absolute atomic E-state index is 0.108. The minimum atomic E-state index is -2.86. The Kier molecular flexibility index (Phi) is 4.67. The summed E-state index contributed by atoms with van der Waals surface area (Å²) in [5.41, 5.74) is 0. The molecule has 2 unspecified atom stereocenters. The lowest BCUT2D eigenvalue weighted by atomic mass is 9.91. The van der Waals surface area contributed by atoms with Crippen molar-refractivity contribution in [3.8, 4) is 0 Å². The monoisotopic (exact) mass is 274 g/mol. The van der Waals surface area contributed by atoms with Gasteiger partial charge in [-0.3, -0.25) is 4.90 Å². The van der Waals surface area contributed by atoms with E-state index in [-0.39, 0.29) is 5.25 Å². The topological polar surface area (TPSA) is 49.4 Å². The third kappa shape index (κ3) is 3.25. The Morgan fingerprint density at radius 1 is 1.22 bits per heavy atom. The van der Waals surface area contributed by atoms with Gasteiger partial charge in [-0.15, -0.1) is 0 Å². The highest BCUT2D eigenvalue weighted by molar-refractivity contribution is 7.91. The second-order valence-corrected chi connectivity index (χ2v) is 8.15. The van der Waals surface area contributed by atoms with Gasteiger partial charge in [0.2, 0.25) is 0 Å². The standard InChI is InChI=1S/C13H26N2O2S/c1-3-7-15(12-9-14-10-12)11-5-4-6-13(8-11)18(2,16)17/h11-14H,3-10H2,1-2H3. The molecule has 0 aromatic rings. The Labute approximate surface area is 111 Å². The lowest BCUT2D eigenvalue weighted by molar-refractivity contribution is 0.0741. The summed E-state index contributed by atoms with van der Waals surface area (Å²) in [6.45, 7) is 5.45. The first-order valence-corrected chi connectivity index (χ1v) is 9.13. The van der Waals surface area contributed by atoms with Crippen molar-refractivity contribution in [1.82, 2.24) is 10.2 Å². The zero-order valence-electron chi connectivity index (χ0n) is 11.6. The summed E-state index contributed by atoms with van der Waals surface area (Å²) in [6, 6.07) is 1.11. The van der Waals surface area contributed by atoms with Gasteiger partial charge in [-0.2, -0.15) is 0 Å². The van der Waals surface area contributed by atoms with Crippen molar-refractivity contribution in [2.24, 2.45) is 0 Å². The molecule has 2 aliphatic rings. The molecule has 5 heteroatoms. The van der Waals surface area contributed by atoms with E-state index >= 15 is 0 Å². The molecule has 1 N–H and O–H groups in total. The molecule has 2 rings (SSSR count). The van der Waals surface area contributed by atoms with Crippen LogP contribution in [-0.4, -0.2) is 56.5 Å². The molecule has 1 saturated carbocycles. The molecule has 0 aromatic heterocycles. The van der Waals surface area contributed by atoms with Gasteiger partial charge in [-0.25, -0.2) is 8.42 Å². The Bertz CT molecular complexity index is 365. The van der Waals surface area contributed by atoms with Crippen molar-refractivity contribution in [2.45, 2.75) is 56.4 Å². The van der Waals surface area contributed by atoms with E-state index < -0.39 is 9.84 Å². The molecule has 0 radical (unpaired) electrons. The van der Waals surface area contributed by atoms with Crippen molar-refractivity contribution in [3.63, 3.8) is 0 Å². The highest BCUT2D eigenvalue weighted by Crippen LogP contribution is 2.29. The molecular formula is C13H26N2O2S. The SMILES string of the molecule is CCCN(C1CNC1)C1CCCC(S(C)(=O)=O)C1. The van der Waals surface area contributed by atoms with Crippen molar-refractivity contribution in [2.75, 3.05) is 25.9 Å². The van der Waals surface area contributed by atoms with E-state index in [0.717, 1.165) is 45.3 Å². The molecule has 1 heterocycles. The summed E-state index contributed by atoms with van der Waals surface area (Å²) in [4.78, 5) is 2.56. The third-order valence-electron chi connectivity index (χ3n) is 4.38. The molecular weight excluding hydrogens is 248 g/mol. The van der Waals surface area contributed by atoms with E-state index in [9.17, 15) is 8.42 Å². The highest BCUT2D eigenvalue weighted by Gasteiger charge is 2.35. The van der Waals surface area contributed by atoms with Crippen LogP contribution in [0.1, 0.15) is 39.0 Å². The molecule has 2 atom stereocenters. The largest absolute Gasteiger partial charge is 0.314 e. The van der Waals surface area contributed by atoms with E-state index in [4.69, 9.17) is 0 Å². The van der Waals surface area contributed by atoms with Gasteiger partial charge in [0.15, 0.2) is 0 Å². The number of rotatable bonds is 5. The average molecular weight is 274 g/mol. The van der Waals surface area contributed by atoms with Gasteiger partial charge in [-0.05, 0) is 32.2 Å². The van der Waals surface area contributed by atoms with Crippen LogP contribution < -0.4 is 5.32 Å². The van der Waals surface area contributed by atoms with E-state index in [1.165, 1.54) is 12.7 Å². The lowest BCUT2D eigenvalue weighted by Gasteiger charge is -2.45. The average Bonchev–Trinajstić information content (AvgIpc) is 2.25. The quantitative estimate of drug-likeness (QED) is 0.813. The maximum atomic E-state index is 11.7. The Morgan fingerprint density at radius 2 is 1.94 bits per heavy atom. The molecule has 106 valence electrons. The van der Waals surface area contributed by atoms with Crippen LogP contribution in [0.2, 0.25) is 0 Å². The first-order chi connectivity index (χ1) is 8.52. The molecule has 1 aliphatic heterocycles. The van der Waals surface area contributed by atoms with E-state index in [1.807, 2.05) is 0 Å². The molecule has 18 heavy (non-hydrogen) atoms. The zero-order valence-corrected chi connectivity index (χ0v) is 12.4. The lowest BCUT2D eigenvalue weighted by Crippen LogP contribution is -2.61. The molecule has 0 aromatic carbocycles. The number of hydrogen-bond donors (Lipinski definition) is 1. The van der Waals surface area contributed by atoms with E-state index in [2.05, 4.69) is 17.1 Å². The van der Waals surface area contributed by atoms with Crippen molar-refractivity contribution in [3.05, 3.63) is 0 Å². The number of nitrogens with one attached hydrogen (secondary N) is 1. The van der Waals surface area contributed by atoms with Gasteiger partial charge in [0, 0.05) is 31.4 Å². The first-order valence-electron chi connectivity index (χ1n) is 7.17. The van der Waals surface area contributed by atoms with Crippen molar-refractivity contribution >= 4 is 9.84 Å². The summed E-state index contributed by atoms with van der Waals surface area (Å²) in [7, 11) is -2.86. The van der Waals surface area contributed by atoms with Crippen LogP contribution in [0.5, 0.6) is 0 Å². The Balaban J connectivity index is 2.01. The normalized spacial score (nSPS) is 30.4. The predicted molar refractivity (Wildman–Crippen MR) is 74.5 cm³/mol. The Hall–Kier alpha value is -0.130. The van der Waals surface area contributed by atoms with E-state index in [0.29, 0.717) is 12.1 Å². The molecule has 1 aliphatic carbocycles. The summed E-state index contributed by atoms with van der Waals surface area (Å²) >= 11 is 0. The zero-order chi connectivity index (χ0) is 13.2. The summed E-state index contributed by atoms with van der Waals surface area (Å²) in [5.74, 6) is 0. The number of sulfone groups is 1. The van der Waals surface area contributed by atoms with Crippen LogP contribution in [0.15, 0.2) is 0 Å². The predicted octanol–water partition coefficient (Wildman–Crippen LogP) is 1.03. The number of hydrogen-bond acceptors (Lipinski definition) is 4. The maximum absolute atomic E-state index is 11.7. The van der Waals surface area contributed by atoms with Crippen molar-refractivity contribution < 1.29 is 8.42 Å². The fourth-order valence-electron chi connectivity index (χ4n) is 3.24. The van der Waals surface area contributed by atoms with Crippen LogP contribution in [0.25, 0.3) is 0 Å². The van der Waals surface area contributed by atoms with Crippen LogP contribution >= 0.6 is 0 Å². The second-order valence-electron chi connectivity index (χ2n) is 5.82. The fourth-order valence-corrected chi connectivity index (χ4v) is 4.41. The second kappa shape index (κ2) is 5.88. The van der Waals surface area contributed by atoms with Gasteiger partial charge in [0.05, 0.1) is 5.25 Å². The number of nitrogens with zero attached hydrogens (tertiary/aromatic N) is 1. The highest BCUT2D eigenvalue weighted by atomic mass is 32.2. The molecule has 0 spiro atoms. The van der Waals surface area contributed by atoms with Crippen LogP contribution in [0.3, 0.4) is 0 Å². The minimum Gasteiger partial charge on any atom is -0.314 e. The van der Waals surface area contributed by atoms with Gasteiger partial charge in [0.25, 0.3) is 0 Å². The van der Waals surface area contributed by atoms with Crippen molar-refractivity contribution in [1.29, 1.82) is 0 Å². The molecule has 0 bridgehead atoms. The molecule has 2 fully saturated rings. The molecule has 4 nitrogen and oxygen atoms in total. The van der Waals surface area contributed by atoms with E-state index in [1.54, 1.807) is 0 Å². The Morgan fingerprint density at radius 3 is 2.44 bits per heavy atom. The van der Waals surface area contributed by atoms with Crippen LogP contribution in [-0.2, 0) is 9.84 Å². The first kappa shape index (κ1) is 14.3. The smallest absolute Gasteiger partial charge is 0.150 e. The third-order valence-corrected chi connectivity index (χ3v) is 6.02.